The minimum atomic E-state index is -0.830. The number of thioether (sulfide) groups is 1. The first-order chi connectivity index (χ1) is 11.6. The predicted octanol–water partition coefficient (Wildman–Crippen LogP) is 3.77. The molecule has 0 fully saturated rings. The van der Waals surface area contributed by atoms with Gasteiger partial charge in [-0.05, 0) is 38.0 Å². The lowest BCUT2D eigenvalue weighted by Crippen LogP contribution is -2.46. The fraction of sp³-hybridized carbons (Fsp3) is 0.500. The Bertz CT molecular complexity index is 675. The second kappa shape index (κ2) is 9.25. The number of amides is 1. The molecule has 0 heterocycles. The molecule has 1 aromatic carbocycles. The molecule has 5 nitrogen and oxygen atoms in total. The van der Waals surface area contributed by atoms with Crippen molar-refractivity contribution >= 4 is 46.0 Å². The Balaban J connectivity index is 3.27. The second-order valence-electron chi connectivity index (χ2n) is 6.06. The number of carbonyl (C=O) groups is 3. The summed E-state index contributed by atoms with van der Waals surface area (Å²) in [7, 11) is 1.27. The molecule has 0 aliphatic rings. The van der Waals surface area contributed by atoms with E-state index in [4.69, 9.17) is 16.3 Å². The molecule has 138 valence electrons. The molecule has 1 amide bonds. The van der Waals surface area contributed by atoms with E-state index in [9.17, 15) is 14.4 Å². The molecule has 0 bridgehead atoms. The number of methoxy groups -OCH3 is 1. The molecule has 1 aromatic rings. The van der Waals surface area contributed by atoms with Crippen molar-refractivity contribution in [1.82, 2.24) is 0 Å². The van der Waals surface area contributed by atoms with Gasteiger partial charge >= 0.3 is 5.97 Å². The monoisotopic (exact) mass is 385 g/mol. The summed E-state index contributed by atoms with van der Waals surface area (Å²) in [4.78, 5) is 38.1. The number of ether oxygens (including phenoxy) is 1. The Labute approximate surface area is 158 Å². The molecule has 1 atom stereocenters. The topological polar surface area (TPSA) is 63.7 Å². The molecule has 0 saturated heterocycles. The normalized spacial score (nSPS) is 12.0. The van der Waals surface area contributed by atoms with E-state index in [-0.39, 0.29) is 22.7 Å². The van der Waals surface area contributed by atoms with Crippen molar-refractivity contribution in [2.75, 3.05) is 17.8 Å². The van der Waals surface area contributed by atoms with Crippen LogP contribution in [0.2, 0.25) is 5.02 Å². The summed E-state index contributed by atoms with van der Waals surface area (Å²) in [5, 5.41) is 0.430. The van der Waals surface area contributed by atoms with Gasteiger partial charge in [-0.2, -0.15) is 0 Å². The van der Waals surface area contributed by atoms with Crippen molar-refractivity contribution in [3.8, 4) is 0 Å². The number of esters is 1. The molecule has 0 aliphatic carbocycles. The predicted molar refractivity (Wildman–Crippen MR) is 102 cm³/mol. The number of hydrogen-bond donors (Lipinski definition) is 0. The first-order valence-corrected chi connectivity index (χ1v) is 9.30. The van der Waals surface area contributed by atoms with Crippen molar-refractivity contribution in [2.45, 2.75) is 40.7 Å². The standard InChI is InChI=1S/C18H24ClNO4S/c1-10(2)18(23)25-9-15(21)20(13(5)17(22)24-6)16-11(3)7-8-14(19)12(16)4/h7-8,10,13H,9H2,1-6H3/t13-/m0/s1. The van der Waals surface area contributed by atoms with E-state index in [1.54, 1.807) is 39.8 Å². The highest BCUT2D eigenvalue weighted by molar-refractivity contribution is 8.14. The number of hydrogen-bond acceptors (Lipinski definition) is 5. The number of rotatable bonds is 6. The summed E-state index contributed by atoms with van der Waals surface area (Å²) >= 11 is 7.16. The highest BCUT2D eigenvalue weighted by Crippen LogP contribution is 2.32. The van der Waals surface area contributed by atoms with Gasteiger partial charge in [0.05, 0.1) is 18.6 Å². The Morgan fingerprint density at radius 3 is 2.32 bits per heavy atom. The van der Waals surface area contributed by atoms with Gasteiger partial charge in [-0.15, -0.1) is 0 Å². The average molecular weight is 386 g/mol. The van der Waals surface area contributed by atoms with Crippen LogP contribution in [0, 0.1) is 19.8 Å². The Kier molecular flexibility index (Phi) is 7.96. The lowest BCUT2D eigenvalue weighted by atomic mass is 10.1. The maximum atomic E-state index is 12.9. The summed E-state index contributed by atoms with van der Waals surface area (Å²) in [5.74, 6) is -1.10. The van der Waals surface area contributed by atoms with Gasteiger partial charge in [0.25, 0.3) is 0 Å². The van der Waals surface area contributed by atoms with Crippen molar-refractivity contribution in [2.24, 2.45) is 5.92 Å². The molecule has 0 aromatic heterocycles. The van der Waals surface area contributed by atoms with Gasteiger partial charge in [0.15, 0.2) is 5.12 Å². The van der Waals surface area contributed by atoms with Crippen molar-refractivity contribution < 1.29 is 19.1 Å². The fourth-order valence-electron chi connectivity index (χ4n) is 2.36. The quantitative estimate of drug-likeness (QED) is 0.697. The molecule has 0 saturated carbocycles. The average Bonchev–Trinajstić information content (AvgIpc) is 2.58. The van der Waals surface area contributed by atoms with Gasteiger partial charge in [0, 0.05) is 10.9 Å². The number of halogens is 1. The minimum Gasteiger partial charge on any atom is -0.467 e. The number of benzene rings is 1. The van der Waals surface area contributed by atoms with E-state index < -0.39 is 12.0 Å². The number of aryl methyl sites for hydroxylation is 1. The van der Waals surface area contributed by atoms with Crippen LogP contribution in [0.5, 0.6) is 0 Å². The molecule has 1 rings (SSSR count). The van der Waals surface area contributed by atoms with Gasteiger partial charge in [-0.25, -0.2) is 4.79 Å². The summed E-state index contributed by atoms with van der Waals surface area (Å²) in [6.07, 6.45) is 0. The highest BCUT2D eigenvalue weighted by Gasteiger charge is 2.31. The van der Waals surface area contributed by atoms with E-state index in [2.05, 4.69) is 0 Å². The number of nitrogens with zero attached hydrogens (tertiary/aromatic N) is 1. The molecule has 0 N–H and O–H groups in total. The van der Waals surface area contributed by atoms with Crippen LogP contribution in [0.3, 0.4) is 0 Å². The lowest BCUT2D eigenvalue weighted by Gasteiger charge is -2.30. The van der Waals surface area contributed by atoms with Crippen LogP contribution in [0.15, 0.2) is 12.1 Å². The molecule has 0 unspecified atom stereocenters. The summed E-state index contributed by atoms with van der Waals surface area (Å²) < 4.78 is 4.80. The van der Waals surface area contributed by atoms with Crippen molar-refractivity contribution in [1.29, 1.82) is 0 Å². The van der Waals surface area contributed by atoms with Gasteiger partial charge in [-0.3, -0.25) is 14.5 Å². The minimum absolute atomic E-state index is 0.0518. The van der Waals surface area contributed by atoms with Gasteiger partial charge in [0.1, 0.15) is 6.04 Å². The van der Waals surface area contributed by atoms with E-state index >= 15 is 0 Å². The van der Waals surface area contributed by atoms with E-state index in [1.165, 1.54) is 12.0 Å². The van der Waals surface area contributed by atoms with Crippen molar-refractivity contribution in [3.63, 3.8) is 0 Å². The third-order valence-electron chi connectivity index (χ3n) is 3.82. The zero-order valence-electron chi connectivity index (χ0n) is 15.4. The molecule has 0 spiro atoms. The first-order valence-electron chi connectivity index (χ1n) is 7.94. The maximum Gasteiger partial charge on any atom is 0.328 e. The third-order valence-corrected chi connectivity index (χ3v) is 5.37. The van der Waals surface area contributed by atoms with E-state index in [0.29, 0.717) is 16.3 Å². The smallest absolute Gasteiger partial charge is 0.328 e. The molecule has 0 aliphatic heterocycles. The SMILES string of the molecule is COC(=O)[C@H](C)N(C(=O)CSC(=O)C(C)C)c1c(C)ccc(Cl)c1C. The Hall–Kier alpha value is -1.53. The largest absolute Gasteiger partial charge is 0.467 e. The summed E-state index contributed by atoms with van der Waals surface area (Å²) in [6.45, 7) is 8.79. The summed E-state index contributed by atoms with van der Waals surface area (Å²) in [5.41, 5.74) is 2.09. The maximum absolute atomic E-state index is 12.9. The van der Waals surface area contributed by atoms with Gasteiger partial charge in [-0.1, -0.05) is 43.3 Å². The fourth-order valence-corrected chi connectivity index (χ4v) is 3.25. The van der Waals surface area contributed by atoms with Crippen LogP contribution >= 0.6 is 23.4 Å². The zero-order chi connectivity index (χ0) is 19.3. The molecular weight excluding hydrogens is 362 g/mol. The zero-order valence-corrected chi connectivity index (χ0v) is 17.0. The van der Waals surface area contributed by atoms with Crippen LogP contribution in [0.1, 0.15) is 31.9 Å². The Morgan fingerprint density at radius 1 is 1.20 bits per heavy atom. The molecular formula is C18H24ClNO4S. The third kappa shape index (κ3) is 5.22. The summed E-state index contributed by atoms with van der Waals surface area (Å²) in [6, 6.07) is 2.71. The van der Waals surface area contributed by atoms with Gasteiger partial charge in [0.2, 0.25) is 5.91 Å². The lowest BCUT2D eigenvalue weighted by molar-refractivity contribution is -0.142. The Morgan fingerprint density at radius 2 is 1.80 bits per heavy atom. The van der Waals surface area contributed by atoms with Gasteiger partial charge < -0.3 is 4.74 Å². The number of anilines is 1. The van der Waals surface area contributed by atoms with Crippen molar-refractivity contribution in [3.05, 3.63) is 28.3 Å². The molecule has 25 heavy (non-hydrogen) atoms. The van der Waals surface area contributed by atoms with E-state index in [0.717, 1.165) is 17.3 Å². The van der Waals surface area contributed by atoms with Crippen LogP contribution in [0.25, 0.3) is 0 Å². The highest BCUT2D eigenvalue weighted by atomic mass is 35.5. The molecule has 7 heteroatoms. The van der Waals surface area contributed by atoms with Crippen LogP contribution in [0.4, 0.5) is 5.69 Å². The van der Waals surface area contributed by atoms with Crippen LogP contribution in [-0.4, -0.2) is 35.9 Å². The van der Waals surface area contributed by atoms with Crippen LogP contribution < -0.4 is 4.90 Å². The van der Waals surface area contributed by atoms with E-state index in [1.807, 2.05) is 6.92 Å². The molecule has 0 radical (unpaired) electrons. The number of carbonyl (C=O) groups excluding carboxylic acids is 3. The second-order valence-corrected chi connectivity index (χ2v) is 7.45. The first kappa shape index (κ1) is 21.5. The van der Waals surface area contributed by atoms with Crippen LogP contribution in [-0.2, 0) is 19.1 Å².